The van der Waals surface area contributed by atoms with Gasteiger partial charge in [-0.3, -0.25) is 9.48 Å². The second-order valence-corrected chi connectivity index (χ2v) is 9.45. The first-order valence-electron chi connectivity index (χ1n) is 10.5. The third kappa shape index (κ3) is 4.15. The van der Waals surface area contributed by atoms with Gasteiger partial charge in [0.05, 0.1) is 18.3 Å². The average molecular weight is 390 g/mol. The number of hydrogen-bond acceptors (Lipinski definition) is 5. The van der Waals surface area contributed by atoms with Crippen molar-refractivity contribution in [1.82, 2.24) is 24.8 Å². The molecule has 3 saturated heterocycles. The fraction of sp³-hybridized carbons (Fsp3) is 0.800. The average Bonchev–Trinajstić information content (AvgIpc) is 3.21. The van der Waals surface area contributed by atoms with E-state index in [1.807, 2.05) is 36.5 Å². The Balaban J connectivity index is 1.30. The lowest BCUT2D eigenvalue weighted by Crippen LogP contribution is -2.42. The Morgan fingerprint density at radius 2 is 1.96 bits per heavy atom. The molecule has 3 fully saturated rings. The number of aromatic nitrogens is 3. The van der Waals surface area contributed by atoms with E-state index in [9.17, 15) is 9.59 Å². The van der Waals surface area contributed by atoms with Crippen LogP contribution in [0.5, 0.6) is 0 Å². The summed E-state index contributed by atoms with van der Waals surface area (Å²) >= 11 is 0. The zero-order valence-electron chi connectivity index (χ0n) is 17.1. The lowest BCUT2D eigenvalue weighted by molar-refractivity contribution is -0.129. The first-order chi connectivity index (χ1) is 13.3. The maximum Gasteiger partial charge on any atom is 0.410 e. The zero-order valence-corrected chi connectivity index (χ0v) is 17.1. The predicted molar refractivity (Wildman–Crippen MR) is 103 cm³/mol. The van der Waals surface area contributed by atoms with E-state index in [-0.39, 0.29) is 12.1 Å². The molecule has 8 nitrogen and oxygen atoms in total. The van der Waals surface area contributed by atoms with Crippen molar-refractivity contribution in [1.29, 1.82) is 0 Å². The Labute approximate surface area is 166 Å². The van der Waals surface area contributed by atoms with Crippen molar-refractivity contribution in [2.45, 2.75) is 77.0 Å². The molecule has 2 bridgehead atoms. The molecule has 2 amide bonds. The Bertz CT molecular complexity index is 732. The standard InChI is InChI=1S/C20H31N5O3/c1-20(2,3)28-19(27)23-8-6-15(7-9-23)17-13-24(22-21-17)12-16-5-4-14-10-18(26)25(16)11-14/h13-16H,4-12H2,1-3H3/t14-,16-/m0/s1. The van der Waals surface area contributed by atoms with Gasteiger partial charge in [0, 0.05) is 38.2 Å². The van der Waals surface area contributed by atoms with E-state index < -0.39 is 5.60 Å². The van der Waals surface area contributed by atoms with E-state index in [0.29, 0.717) is 30.8 Å². The van der Waals surface area contributed by atoms with Crippen LogP contribution in [0.25, 0.3) is 0 Å². The molecule has 0 aromatic carbocycles. The van der Waals surface area contributed by atoms with Gasteiger partial charge in [-0.1, -0.05) is 5.21 Å². The highest BCUT2D eigenvalue weighted by Gasteiger charge is 2.39. The number of carbonyl (C=O) groups is 2. The minimum absolute atomic E-state index is 0.236. The van der Waals surface area contributed by atoms with E-state index in [4.69, 9.17) is 4.74 Å². The summed E-state index contributed by atoms with van der Waals surface area (Å²) in [5, 5.41) is 8.71. The number of rotatable bonds is 3. The minimum Gasteiger partial charge on any atom is -0.444 e. The van der Waals surface area contributed by atoms with Gasteiger partial charge in [0.25, 0.3) is 0 Å². The van der Waals surface area contributed by atoms with Crippen molar-refractivity contribution < 1.29 is 14.3 Å². The van der Waals surface area contributed by atoms with Crippen LogP contribution in [-0.4, -0.2) is 68.1 Å². The molecule has 1 aromatic heterocycles. The minimum atomic E-state index is -0.466. The molecule has 3 aliphatic rings. The Morgan fingerprint density at radius 3 is 2.68 bits per heavy atom. The van der Waals surface area contributed by atoms with Gasteiger partial charge in [-0.25, -0.2) is 4.79 Å². The van der Waals surface area contributed by atoms with Crippen molar-refractivity contribution in [2.75, 3.05) is 19.6 Å². The molecule has 4 heterocycles. The summed E-state index contributed by atoms with van der Waals surface area (Å²) in [7, 11) is 0. The van der Waals surface area contributed by atoms with Gasteiger partial charge in [0.15, 0.2) is 0 Å². The second-order valence-electron chi connectivity index (χ2n) is 9.45. The van der Waals surface area contributed by atoms with E-state index in [0.717, 1.165) is 50.9 Å². The number of nitrogens with zero attached hydrogens (tertiary/aromatic N) is 5. The lowest BCUT2D eigenvalue weighted by Gasteiger charge is -2.33. The van der Waals surface area contributed by atoms with Gasteiger partial charge in [0.2, 0.25) is 5.91 Å². The monoisotopic (exact) mass is 389 g/mol. The largest absolute Gasteiger partial charge is 0.444 e. The molecule has 4 rings (SSSR count). The zero-order chi connectivity index (χ0) is 19.9. The summed E-state index contributed by atoms with van der Waals surface area (Å²) in [6.07, 6.45) is 6.44. The van der Waals surface area contributed by atoms with E-state index in [1.165, 1.54) is 0 Å². The van der Waals surface area contributed by atoms with E-state index >= 15 is 0 Å². The van der Waals surface area contributed by atoms with Crippen LogP contribution in [0.2, 0.25) is 0 Å². The molecule has 0 unspecified atom stereocenters. The van der Waals surface area contributed by atoms with Crippen molar-refractivity contribution in [2.24, 2.45) is 5.92 Å². The summed E-state index contributed by atoms with van der Waals surface area (Å²) < 4.78 is 7.36. The van der Waals surface area contributed by atoms with Gasteiger partial charge in [-0.05, 0) is 52.4 Å². The Morgan fingerprint density at radius 1 is 1.21 bits per heavy atom. The summed E-state index contributed by atoms with van der Waals surface area (Å²) in [6.45, 7) is 8.66. The third-order valence-corrected chi connectivity index (χ3v) is 6.11. The van der Waals surface area contributed by atoms with E-state index in [1.54, 1.807) is 4.90 Å². The SMILES string of the molecule is CC(C)(C)OC(=O)N1CCC(c2cn(C[C@@H]3CC[C@H]4CC(=O)N3C4)nn2)CC1. The van der Waals surface area contributed by atoms with Crippen LogP contribution in [0.4, 0.5) is 4.79 Å². The molecule has 3 aliphatic heterocycles. The smallest absolute Gasteiger partial charge is 0.410 e. The van der Waals surface area contributed by atoms with Crippen LogP contribution >= 0.6 is 0 Å². The normalized spacial score (nSPS) is 26.0. The summed E-state index contributed by atoms with van der Waals surface area (Å²) in [6, 6.07) is 0.245. The van der Waals surface area contributed by atoms with E-state index in [2.05, 4.69) is 10.3 Å². The highest BCUT2D eigenvalue weighted by Crippen LogP contribution is 2.33. The van der Waals surface area contributed by atoms with Crippen molar-refractivity contribution >= 4 is 12.0 Å². The topological polar surface area (TPSA) is 80.6 Å². The molecule has 28 heavy (non-hydrogen) atoms. The van der Waals surface area contributed by atoms with Crippen LogP contribution in [0.3, 0.4) is 0 Å². The number of hydrogen-bond donors (Lipinski definition) is 0. The molecular weight excluding hydrogens is 358 g/mol. The quantitative estimate of drug-likeness (QED) is 0.793. The highest BCUT2D eigenvalue weighted by molar-refractivity contribution is 5.79. The number of piperidine rings is 2. The molecule has 1 aromatic rings. The van der Waals surface area contributed by atoms with Crippen molar-refractivity contribution in [3.63, 3.8) is 0 Å². The first kappa shape index (κ1) is 19.2. The van der Waals surface area contributed by atoms with Crippen LogP contribution in [0, 0.1) is 5.92 Å². The Kier molecular flexibility index (Phi) is 5.05. The molecule has 0 radical (unpaired) electrons. The highest BCUT2D eigenvalue weighted by atomic mass is 16.6. The molecule has 0 aliphatic carbocycles. The number of fused-ring (bicyclic) bond motifs is 2. The van der Waals surface area contributed by atoms with Gasteiger partial charge in [-0.2, -0.15) is 0 Å². The lowest BCUT2D eigenvalue weighted by atomic mass is 9.94. The third-order valence-electron chi connectivity index (χ3n) is 6.11. The maximum atomic E-state index is 12.2. The van der Waals surface area contributed by atoms with Crippen LogP contribution in [-0.2, 0) is 16.1 Å². The van der Waals surface area contributed by atoms with Gasteiger partial charge >= 0.3 is 6.09 Å². The number of carbonyl (C=O) groups excluding carboxylic acids is 2. The van der Waals surface area contributed by atoms with Crippen LogP contribution in [0.1, 0.15) is 64.5 Å². The molecule has 0 N–H and O–H groups in total. The van der Waals surface area contributed by atoms with Gasteiger partial charge in [-0.15, -0.1) is 5.10 Å². The fourth-order valence-corrected chi connectivity index (χ4v) is 4.62. The van der Waals surface area contributed by atoms with Crippen molar-refractivity contribution in [3.05, 3.63) is 11.9 Å². The second kappa shape index (κ2) is 7.37. The summed E-state index contributed by atoms with van der Waals surface area (Å²) in [5.41, 5.74) is 0.525. The summed E-state index contributed by atoms with van der Waals surface area (Å²) in [4.78, 5) is 28.1. The number of ether oxygens (including phenoxy) is 1. The fourth-order valence-electron chi connectivity index (χ4n) is 4.62. The van der Waals surface area contributed by atoms with Crippen molar-refractivity contribution in [3.8, 4) is 0 Å². The molecule has 0 spiro atoms. The summed E-state index contributed by atoms with van der Waals surface area (Å²) in [5.74, 6) is 1.17. The molecule has 2 atom stereocenters. The first-order valence-corrected chi connectivity index (χ1v) is 10.5. The van der Waals surface area contributed by atoms with Crippen LogP contribution in [0.15, 0.2) is 6.20 Å². The molecule has 8 heteroatoms. The molecular formula is C20H31N5O3. The number of likely N-dealkylation sites (tertiary alicyclic amines) is 1. The molecule has 0 saturated carbocycles. The Hall–Kier alpha value is -2.12. The number of amides is 2. The van der Waals surface area contributed by atoms with Gasteiger partial charge < -0.3 is 14.5 Å². The maximum absolute atomic E-state index is 12.2. The molecule has 154 valence electrons. The van der Waals surface area contributed by atoms with Crippen LogP contribution < -0.4 is 0 Å². The predicted octanol–water partition coefficient (Wildman–Crippen LogP) is 2.40. The van der Waals surface area contributed by atoms with Gasteiger partial charge in [0.1, 0.15) is 5.60 Å².